The van der Waals surface area contributed by atoms with Crippen molar-refractivity contribution in [2.24, 2.45) is 17.8 Å². The van der Waals surface area contributed by atoms with Gasteiger partial charge >= 0.3 is 5.97 Å². The van der Waals surface area contributed by atoms with Crippen LogP contribution in [0.1, 0.15) is 38.5 Å². The molecule has 6 heteroatoms. The van der Waals surface area contributed by atoms with Gasteiger partial charge in [0.05, 0.1) is 11.8 Å². The third-order valence-electron chi connectivity index (χ3n) is 3.68. The Bertz CT molecular complexity index is 365. The van der Waals surface area contributed by atoms with Crippen molar-refractivity contribution in [2.45, 2.75) is 38.5 Å². The molecule has 0 aromatic carbocycles. The van der Waals surface area contributed by atoms with Gasteiger partial charge in [0.15, 0.2) is 0 Å². The van der Waals surface area contributed by atoms with Crippen molar-refractivity contribution in [1.82, 2.24) is 10.9 Å². The molecule has 0 spiro atoms. The van der Waals surface area contributed by atoms with E-state index < -0.39 is 17.8 Å². The maximum Gasteiger partial charge on any atom is 0.307 e. The highest BCUT2D eigenvalue weighted by molar-refractivity contribution is 5.88. The third-order valence-corrected chi connectivity index (χ3v) is 3.68. The van der Waals surface area contributed by atoms with Gasteiger partial charge in [0, 0.05) is 5.92 Å². The Morgan fingerprint density at radius 1 is 0.833 bits per heavy atom. The third kappa shape index (κ3) is 3.00. The number of amides is 2. The molecular weight excluding hydrogens is 236 g/mol. The van der Waals surface area contributed by atoms with E-state index in [0.29, 0.717) is 12.8 Å². The van der Waals surface area contributed by atoms with Gasteiger partial charge < -0.3 is 5.11 Å². The average Bonchev–Trinajstić information content (AvgIpc) is 3.19. The number of carboxylic acid groups (broad SMARTS) is 1. The van der Waals surface area contributed by atoms with Crippen LogP contribution in [0.15, 0.2) is 0 Å². The fourth-order valence-electron chi connectivity index (χ4n) is 2.40. The minimum Gasteiger partial charge on any atom is -0.481 e. The van der Waals surface area contributed by atoms with E-state index >= 15 is 0 Å². The predicted octanol–water partition coefficient (Wildman–Crippen LogP) is 0.435. The summed E-state index contributed by atoms with van der Waals surface area (Å²) in [4.78, 5) is 34.3. The van der Waals surface area contributed by atoms with Crippen molar-refractivity contribution in [3.8, 4) is 0 Å². The molecule has 2 aliphatic carbocycles. The summed E-state index contributed by atoms with van der Waals surface area (Å²) < 4.78 is 0. The molecule has 100 valence electrons. The Morgan fingerprint density at radius 2 is 1.39 bits per heavy atom. The highest BCUT2D eigenvalue weighted by Gasteiger charge is 2.36. The van der Waals surface area contributed by atoms with Crippen molar-refractivity contribution < 1.29 is 19.5 Å². The molecular formula is C12H18N2O4. The molecule has 0 saturated heterocycles. The van der Waals surface area contributed by atoms with Crippen molar-refractivity contribution in [1.29, 1.82) is 0 Å². The minimum atomic E-state index is -0.927. The fraction of sp³-hybridized carbons (Fsp3) is 0.750. The van der Waals surface area contributed by atoms with E-state index in [1.54, 1.807) is 0 Å². The van der Waals surface area contributed by atoms with E-state index in [4.69, 9.17) is 5.11 Å². The molecule has 3 N–H and O–H groups in total. The average molecular weight is 254 g/mol. The van der Waals surface area contributed by atoms with Gasteiger partial charge in [-0.15, -0.1) is 0 Å². The van der Waals surface area contributed by atoms with Crippen molar-refractivity contribution in [3.63, 3.8) is 0 Å². The van der Waals surface area contributed by atoms with Crippen LogP contribution in [0.2, 0.25) is 0 Å². The standard InChI is InChI=1S/C12H18N2O4/c15-10(7-5-6-7)13-14-11(16)8-3-1-2-4-9(8)12(17)18/h7-9H,1-6H2,(H,13,15)(H,14,16)(H,17,18)/t8-,9+/m1/s1. The van der Waals surface area contributed by atoms with Gasteiger partial charge in [-0.2, -0.15) is 0 Å². The molecule has 2 saturated carbocycles. The molecule has 0 radical (unpaired) electrons. The zero-order valence-electron chi connectivity index (χ0n) is 10.1. The Hall–Kier alpha value is -1.59. The summed E-state index contributed by atoms with van der Waals surface area (Å²) in [5.41, 5.74) is 4.73. The lowest BCUT2D eigenvalue weighted by Gasteiger charge is -2.27. The molecule has 0 bridgehead atoms. The Morgan fingerprint density at radius 3 is 1.94 bits per heavy atom. The van der Waals surface area contributed by atoms with Gasteiger partial charge in [0.1, 0.15) is 0 Å². The first kappa shape index (κ1) is 12.9. The van der Waals surface area contributed by atoms with E-state index in [-0.39, 0.29) is 17.7 Å². The summed E-state index contributed by atoms with van der Waals surface area (Å²) in [5.74, 6) is -2.62. The van der Waals surface area contributed by atoms with Crippen LogP contribution < -0.4 is 10.9 Å². The highest BCUT2D eigenvalue weighted by Crippen LogP contribution is 2.30. The lowest BCUT2D eigenvalue weighted by Crippen LogP contribution is -2.48. The molecule has 18 heavy (non-hydrogen) atoms. The first-order chi connectivity index (χ1) is 8.59. The highest BCUT2D eigenvalue weighted by atomic mass is 16.4. The second-order valence-electron chi connectivity index (χ2n) is 5.09. The Balaban J connectivity index is 1.85. The molecule has 2 rings (SSSR count). The number of carbonyl (C=O) groups is 3. The van der Waals surface area contributed by atoms with Crippen LogP contribution in [0.5, 0.6) is 0 Å². The zero-order valence-corrected chi connectivity index (χ0v) is 10.1. The van der Waals surface area contributed by atoms with Crippen LogP contribution in [-0.2, 0) is 14.4 Å². The molecule has 0 aromatic rings. The van der Waals surface area contributed by atoms with E-state index in [1.165, 1.54) is 0 Å². The number of carbonyl (C=O) groups excluding carboxylic acids is 2. The van der Waals surface area contributed by atoms with Crippen LogP contribution in [0.3, 0.4) is 0 Å². The van der Waals surface area contributed by atoms with Gasteiger partial charge in [-0.3, -0.25) is 25.2 Å². The monoisotopic (exact) mass is 254 g/mol. The molecule has 2 aliphatic rings. The van der Waals surface area contributed by atoms with E-state index in [1.807, 2.05) is 0 Å². The molecule has 0 aromatic heterocycles. The van der Waals surface area contributed by atoms with Crippen molar-refractivity contribution >= 4 is 17.8 Å². The van der Waals surface area contributed by atoms with E-state index in [9.17, 15) is 14.4 Å². The SMILES string of the molecule is O=C(NNC(=O)[C@@H]1CCCC[C@@H]1C(=O)O)C1CC1. The number of rotatable bonds is 3. The lowest BCUT2D eigenvalue weighted by atomic mass is 9.79. The Labute approximate surface area is 105 Å². The van der Waals surface area contributed by atoms with Crippen LogP contribution >= 0.6 is 0 Å². The second-order valence-corrected chi connectivity index (χ2v) is 5.09. The van der Waals surface area contributed by atoms with Crippen LogP contribution in [0.25, 0.3) is 0 Å². The largest absolute Gasteiger partial charge is 0.481 e. The summed E-state index contributed by atoms with van der Waals surface area (Å²) in [6.45, 7) is 0. The minimum absolute atomic E-state index is 0.0203. The molecule has 2 amide bonds. The predicted molar refractivity (Wildman–Crippen MR) is 62.1 cm³/mol. The van der Waals surface area contributed by atoms with Gasteiger partial charge in [-0.1, -0.05) is 12.8 Å². The Kier molecular flexibility index (Phi) is 3.84. The van der Waals surface area contributed by atoms with Gasteiger partial charge in [-0.05, 0) is 25.7 Å². The molecule has 0 aliphatic heterocycles. The summed E-state index contributed by atoms with van der Waals surface area (Å²) in [6, 6.07) is 0. The zero-order chi connectivity index (χ0) is 13.1. The maximum absolute atomic E-state index is 11.9. The number of hydrogen-bond donors (Lipinski definition) is 3. The fourth-order valence-corrected chi connectivity index (χ4v) is 2.40. The smallest absolute Gasteiger partial charge is 0.307 e. The van der Waals surface area contributed by atoms with Crippen molar-refractivity contribution in [2.75, 3.05) is 0 Å². The van der Waals surface area contributed by atoms with Gasteiger partial charge in [0.25, 0.3) is 0 Å². The lowest BCUT2D eigenvalue weighted by molar-refractivity contribution is -0.149. The van der Waals surface area contributed by atoms with Crippen molar-refractivity contribution in [3.05, 3.63) is 0 Å². The topological polar surface area (TPSA) is 95.5 Å². The first-order valence-electron chi connectivity index (χ1n) is 6.42. The number of aliphatic carboxylic acids is 1. The summed E-state index contributed by atoms with van der Waals surface area (Å²) in [7, 11) is 0. The number of carboxylic acids is 1. The molecule has 2 fully saturated rings. The molecule has 0 heterocycles. The van der Waals surface area contributed by atoms with Gasteiger partial charge in [-0.25, -0.2) is 0 Å². The molecule has 0 unspecified atom stereocenters. The normalized spacial score (nSPS) is 27.3. The number of hydrazine groups is 1. The van der Waals surface area contributed by atoms with Crippen LogP contribution in [0.4, 0.5) is 0 Å². The summed E-state index contributed by atoms with van der Waals surface area (Å²) in [5, 5.41) is 9.07. The van der Waals surface area contributed by atoms with E-state index in [0.717, 1.165) is 25.7 Å². The van der Waals surface area contributed by atoms with Crippen LogP contribution in [-0.4, -0.2) is 22.9 Å². The number of hydrogen-bond acceptors (Lipinski definition) is 3. The summed E-state index contributed by atoms with van der Waals surface area (Å²) in [6.07, 6.45) is 4.53. The van der Waals surface area contributed by atoms with E-state index in [2.05, 4.69) is 10.9 Å². The number of nitrogens with one attached hydrogen (secondary N) is 2. The molecule has 6 nitrogen and oxygen atoms in total. The van der Waals surface area contributed by atoms with Crippen LogP contribution in [0, 0.1) is 17.8 Å². The maximum atomic E-state index is 11.9. The quantitative estimate of drug-likeness (QED) is 0.637. The first-order valence-corrected chi connectivity index (χ1v) is 6.42. The molecule has 2 atom stereocenters. The van der Waals surface area contributed by atoms with Gasteiger partial charge in [0.2, 0.25) is 11.8 Å². The second kappa shape index (κ2) is 5.37. The summed E-state index contributed by atoms with van der Waals surface area (Å²) >= 11 is 0.